The maximum Gasteiger partial charge on any atom is 0.250 e. The molecule has 1 aliphatic heterocycles. The summed E-state index contributed by atoms with van der Waals surface area (Å²) >= 11 is 6.57. The Morgan fingerprint density at radius 3 is 2.47 bits per heavy atom. The summed E-state index contributed by atoms with van der Waals surface area (Å²) in [5, 5.41) is 1.62. The van der Waals surface area contributed by atoms with E-state index in [0.717, 1.165) is 12.8 Å². The Balaban J connectivity index is 2.56. The second-order valence-corrected chi connectivity index (χ2v) is 7.07. The molecular formula is C11H18Br2N2O2. The standard InChI is InChI=1S/C11H18Br2N2O2/c1-7(12)10(16)9-4-3-5-15(14-6-9)11(17)8(2)13/h7-9,14H,3-6H2,1-2H3. The summed E-state index contributed by atoms with van der Waals surface area (Å²) in [7, 11) is 0. The van der Waals surface area contributed by atoms with E-state index in [1.165, 1.54) is 0 Å². The van der Waals surface area contributed by atoms with Gasteiger partial charge in [0.1, 0.15) is 0 Å². The molecule has 6 heteroatoms. The average molecular weight is 370 g/mol. The number of alkyl halides is 2. The Hall–Kier alpha value is 0.0600. The summed E-state index contributed by atoms with van der Waals surface area (Å²) in [4.78, 5) is 23.3. The number of carbonyl (C=O) groups is 2. The van der Waals surface area contributed by atoms with E-state index >= 15 is 0 Å². The van der Waals surface area contributed by atoms with E-state index < -0.39 is 0 Å². The Labute approximate surface area is 119 Å². The summed E-state index contributed by atoms with van der Waals surface area (Å²) in [6.07, 6.45) is 1.69. The summed E-state index contributed by atoms with van der Waals surface area (Å²) in [6, 6.07) is 0. The van der Waals surface area contributed by atoms with Gasteiger partial charge in [0.2, 0.25) is 5.91 Å². The molecule has 98 valence electrons. The molecule has 4 nitrogen and oxygen atoms in total. The normalized spacial score (nSPS) is 24.9. The van der Waals surface area contributed by atoms with Crippen LogP contribution < -0.4 is 5.43 Å². The van der Waals surface area contributed by atoms with Crippen molar-refractivity contribution in [3.05, 3.63) is 0 Å². The van der Waals surface area contributed by atoms with E-state index in [4.69, 9.17) is 0 Å². The van der Waals surface area contributed by atoms with E-state index in [1.807, 2.05) is 6.92 Å². The van der Waals surface area contributed by atoms with Gasteiger partial charge in [-0.15, -0.1) is 0 Å². The maximum absolute atomic E-state index is 11.9. The first kappa shape index (κ1) is 15.1. The Bertz CT molecular complexity index is 267. The van der Waals surface area contributed by atoms with E-state index in [9.17, 15) is 9.59 Å². The minimum absolute atomic E-state index is 0.00666. The fourth-order valence-electron chi connectivity index (χ4n) is 1.87. The van der Waals surface area contributed by atoms with Crippen molar-refractivity contribution in [3.8, 4) is 0 Å². The van der Waals surface area contributed by atoms with Gasteiger partial charge in [0.05, 0.1) is 9.65 Å². The molecule has 0 aliphatic carbocycles. The molecule has 0 aromatic carbocycles. The van der Waals surface area contributed by atoms with Crippen LogP contribution in [0, 0.1) is 5.92 Å². The predicted octanol–water partition coefficient (Wildman–Crippen LogP) is 1.87. The lowest BCUT2D eigenvalue weighted by Crippen LogP contribution is -2.47. The average Bonchev–Trinajstić information content (AvgIpc) is 2.52. The zero-order valence-electron chi connectivity index (χ0n) is 10.1. The van der Waals surface area contributed by atoms with Crippen molar-refractivity contribution in [2.24, 2.45) is 5.92 Å². The molecule has 0 radical (unpaired) electrons. The highest BCUT2D eigenvalue weighted by Crippen LogP contribution is 2.17. The van der Waals surface area contributed by atoms with Crippen molar-refractivity contribution in [2.45, 2.75) is 36.3 Å². The molecule has 1 aliphatic rings. The molecule has 17 heavy (non-hydrogen) atoms. The SMILES string of the molecule is CC(Br)C(=O)C1CCCN(C(=O)C(C)Br)NC1. The number of Topliss-reactive ketones (excluding diaryl/α,β-unsaturated/α-hetero) is 1. The number of carbonyl (C=O) groups excluding carboxylic acids is 2. The molecule has 0 saturated carbocycles. The van der Waals surface area contributed by atoms with Crippen molar-refractivity contribution in [1.82, 2.24) is 10.4 Å². The highest BCUT2D eigenvalue weighted by molar-refractivity contribution is 9.10. The van der Waals surface area contributed by atoms with Gasteiger partial charge in [0.25, 0.3) is 0 Å². The lowest BCUT2D eigenvalue weighted by molar-refractivity contribution is -0.133. The van der Waals surface area contributed by atoms with Crippen LogP contribution in [0.5, 0.6) is 0 Å². The monoisotopic (exact) mass is 368 g/mol. The van der Waals surface area contributed by atoms with Gasteiger partial charge in [0, 0.05) is 19.0 Å². The maximum atomic E-state index is 11.9. The molecular weight excluding hydrogens is 352 g/mol. The van der Waals surface area contributed by atoms with Crippen LogP contribution in [0.2, 0.25) is 0 Å². The molecule has 1 fully saturated rings. The largest absolute Gasteiger partial charge is 0.298 e. The molecule has 3 atom stereocenters. The Morgan fingerprint density at radius 1 is 1.29 bits per heavy atom. The fourth-order valence-corrected chi connectivity index (χ4v) is 2.49. The van der Waals surface area contributed by atoms with Crippen molar-refractivity contribution in [3.63, 3.8) is 0 Å². The molecule has 0 spiro atoms. The van der Waals surface area contributed by atoms with Crippen LogP contribution in [0.25, 0.3) is 0 Å². The zero-order chi connectivity index (χ0) is 13.0. The number of amides is 1. The highest BCUT2D eigenvalue weighted by Gasteiger charge is 2.27. The van der Waals surface area contributed by atoms with Crippen molar-refractivity contribution in [2.75, 3.05) is 13.1 Å². The molecule has 0 bridgehead atoms. The Morgan fingerprint density at radius 2 is 1.94 bits per heavy atom. The number of nitrogens with zero attached hydrogens (tertiary/aromatic N) is 1. The molecule has 1 rings (SSSR count). The van der Waals surface area contributed by atoms with Gasteiger partial charge in [0.15, 0.2) is 5.78 Å². The topological polar surface area (TPSA) is 49.4 Å². The van der Waals surface area contributed by atoms with Gasteiger partial charge in [-0.1, -0.05) is 31.9 Å². The summed E-state index contributed by atoms with van der Waals surface area (Å²) in [6.45, 7) is 4.85. The predicted molar refractivity (Wildman–Crippen MR) is 74.2 cm³/mol. The second kappa shape index (κ2) is 6.85. The molecule has 0 aromatic heterocycles. The van der Waals surface area contributed by atoms with E-state index in [0.29, 0.717) is 13.1 Å². The van der Waals surface area contributed by atoms with E-state index in [-0.39, 0.29) is 27.3 Å². The third kappa shape index (κ3) is 4.34. The summed E-state index contributed by atoms with van der Waals surface area (Å²) in [5.74, 6) is 0.219. The van der Waals surface area contributed by atoms with E-state index in [1.54, 1.807) is 11.9 Å². The number of halogens is 2. The lowest BCUT2D eigenvalue weighted by Gasteiger charge is -2.23. The molecule has 3 unspecified atom stereocenters. The number of nitrogens with one attached hydrogen (secondary N) is 1. The molecule has 0 aromatic rings. The third-order valence-corrected chi connectivity index (χ3v) is 3.71. The van der Waals surface area contributed by atoms with E-state index in [2.05, 4.69) is 37.3 Å². The summed E-state index contributed by atoms with van der Waals surface area (Å²) in [5.41, 5.74) is 3.06. The van der Waals surface area contributed by atoms with Crippen LogP contribution in [-0.2, 0) is 9.59 Å². The Kier molecular flexibility index (Phi) is 6.09. The van der Waals surface area contributed by atoms with Gasteiger partial charge < -0.3 is 0 Å². The molecule has 1 N–H and O–H groups in total. The van der Waals surface area contributed by atoms with Crippen LogP contribution in [0.1, 0.15) is 26.7 Å². The number of hydrogen-bond acceptors (Lipinski definition) is 3. The van der Waals surface area contributed by atoms with Gasteiger partial charge >= 0.3 is 0 Å². The minimum Gasteiger partial charge on any atom is -0.298 e. The van der Waals surface area contributed by atoms with Gasteiger partial charge in [-0.25, -0.2) is 5.43 Å². The van der Waals surface area contributed by atoms with Crippen molar-refractivity contribution < 1.29 is 9.59 Å². The van der Waals surface area contributed by atoms with Crippen molar-refractivity contribution in [1.29, 1.82) is 0 Å². The molecule has 1 saturated heterocycles. The van der Waals surface area contributed by atoms with Crippen LogP contribution in [0.15, 0.2) is 0 Å². The smallest absolute Gasteiger partial charge is 0.250 e. The summed E-state index contributed by atoms with van der Waals surface area (Å²) < 4.78 is 0. The second-order valence-electron chi connectivity index (χ2n) is 4.33. The number of rotatable bonds is 3. The molecule has 1 amide bonds. The highest BCUT2D eigenvalue weighted by atomic mass is 79.9. The first-order valence-electron chi connectivity index (χ1n) is 5.80. The van der Waals surface area contributed by atoms with Crippen LogP contribution in [0.3, 0.4) is 0 Å². The van der Waals surface area contributed by atoms with Gasteiger partial charge in [-0.05, 0) is 26.7 Å². The fraction of sp³-hybridized carbons (Fsp3) is 0.818. The molecule has 1 heterocycles. The van der Waals surface area contributed by atoms with Crippen molar-refractivity contribution >= 4 is 43.6 Å². The first-order valence-corrected chi connectivity index (χ1v) is 7.63. The number of hydrazine groups is 1. The van der Waals surface area contributed by atoms with Crippen LogP contribution in [0.4, 0.5) is 0 Å². The lowest BCUT2D eigenvalue weighted by atomic mass is 9.97. The van der Waals surface area contributed by atoms with Gasteiger partial charge in [-0.3, -0.25) is 14.6 Å². The number of hydrogen-bond donors (Lipinski definition) is 1. The first-order chi connectivity index (χ1) is 7.93. The number of ketones is 1. The quantitative estimate of drug-likeness (QED) is 0.772. The van der Waals surface area contributed by atoms with Gasteiger partial charge in [-0.2, -0.15) is 0 Å². The third-order valence-electron chi connectivity index (χ3n) is 2.86. The zero-order valence-corrected chi connectivity index (χ0v) is 13.3. The minimum atomic E-state index is -0.197. The van der Waals surface area contributed by atoms with Crippen LogP contribution >= 0.6 is 31.9 Å². The van der Waals surface area contributed by atoms with Crippen LogP contribution in [-0.4, -0.2) is 39.4 Å².